The number of hydrogen-bond acceptors (Lipinski definition) is 3. The molecule has 2 aliphatic rings. The highest BCUT2D eigenvalue weighted by molar-refractivity contribution is 5.96. The maximum absolute atomic E-state index is 13.5. The Morgan fingerprint density at radius 1 is 1.15 bits per heavy atom. The molecule has 1 fully saturated rings. The highest BCUT2D eigenvalue weighted by atomic mass is 19.1. The van der Waals surface area contributed by atoms with Crippen molar-refractivity contribution in [1.82, 2.24) is 0 Å². The zero-order valence-electron chi connectivity index (χ0n) is 10.3. The van der Waals surface area contributed by atoms with Crippen LogP contribution in [-0.2, 0) is 14.3 Å². The number of carboxylic acids is 1. The van der Waals surface area contributed by atoms with Gasteiger partial charge in [0.2, 0.25) is 5.91 Å². The number of ether oxygens (including phenoxy) is 1. The summed E-state index contributed by atoms with van der Waals surface area (Å²) in [6, 6.07) is 5.74. The Kier molecular flexibility index (Phi) is 3.02. The molecule has 2 aliphatic heterocycles. The predicted octanol–water partition coefficient (Wildman–Crippen LogP) is 1.42. The summed E-state index contributed by atoms with van der Waals surface area (Å²) in [5.41, 5.74) is 0.0355. The van der Waals surface area contributed by atoms with Crippen molar-refractivity contribution in [2.45, 2.75) is 12.2 Å². The zero-order chi connectivity index (χ0) is 14.3. The number of halogens is 1. The molecule has 0 aromatic heterocycles. The maximum Gasteiger partial charge on any atom is 0.310 e. The van der Waals surface area contributed by atoms with E-state index in [0.29, 0.717) is 0 Å². The number of rotatable bonds is 3. The van der Waals surface area contributed by atoms with Crippen molar-refractivity contribution in [2.24, 2.45) is 11.8 Å². The summed E-state index contributed by atoms with van der Waals surface area (Å²) >= 11 is 0. The van der Waals surface area contributed by atoms with E-state index in [9.17, 15) is 19.1 Å². The summed E-state index contributed by atoms with van der Waals surface area (Å²) in [7, 11) is 0. The van der Waals surface area contributed by atoms with Gasteiger partial charge in [0.1, 0.15) is 11.7 Å². The molecule has 0 radical (unpaired) electrons. The zero-order valence-corrected chi connectivity index (χ0v) is 10.3. The fraction of sp³-hybridized carbons (Fsp3) is 0.286. The number of carbonyl (C=O) groups is 2. The minimum Gasteiger partial charge on any atom is -0.481 e. The first-order valence-corrected chi connectivity index (χ1v) is 6.20. The minimum absolute atomic E-state index is 0.0355. The van der Waals surface area contributed by atoms with Gasteiger partial charge in [0.05, 0.1) is 23.8 Å². The van der Waals surface area contributed by atoms with Crippen LogP contribution < -0.4 is 5.32 Å². The lowest BCUT2D eigenvalue weighted by Gasteiger charge is -2.21. The fourth-order valence-corrected chi connectivity index (χ4v) is 2.69. The molecular weight excluding hydrogens is 265 g/mol. The first-order chi connectivity index (χ1) is 9.58. The molecule has 3 rings (SSSR count). The monoisotopic (exact) mass is 277 g/mol. The van der Waals surface area contributed by atoms with Crippen LogP contribution in [0.15, 0.2) is 36.4 Å². The second kappa shape index (κ2) is 4.72. The third-order valence-electron chi connectivity index (χ3n) is 3.62. The average Bonchev–Trinajstić information content (AvgIpc) is 3.01. The Balaban J connectivity index is 1.82. The van der Waals surface area contributed by atoms with Crippen molar-refractivity contribution >= 4 is 17.6 Å². The molecule has 1 aromatic carbocycles. The van der Waals surface area contributed by atoms with Crippen molar-refractivity contribution in [3.05, 3.63) is 42.2 Å². The van der Waals surface area contributed by atoms with E-state index in [-0.39, 0.29) is 5.69 Å². The van der Waals surface area contributed by atoms with Gasteiger partial charge in [-0.15, -0.1) is 0 Å². The number of fused-ring (bicyclic) bond motifs is 2. The maximum atomic E-state index is 13.5. The van der Waals surface area contributed by atoms with Gasteiger partial charge in [-0.1, -0.05) is 24.3 Å². The minimum atomic E-state index is -1.09. The number of benzene rings is 1. The standard InChI is InChI=1S/C14H12FNO4/c15-7-3-1-2-4-8(7)16-13(17)11-9-5-6-10(20-9)12(11)14(18)19/h1-6,9-12H,(H,16,17)(H,18,19)/t9-,10-,11+,12-/m1/s1. The third-order valence-corrected chi connectivity index (χ3v) is 3.62. The Morgan fingerprint density at radius 2 is 1.80 bits per heavy atom. The van der Waals surface area contributed by atoms with Crippen LogP contribution in [0.4, 0.5) is 10.1 Å². The summed E-state index contributed by atoms with van der Waals surface area (Å²) in [6.45, 7) is 0. The van der Waals surface area contributed by atoms with Crippen molar-refractivity contribution < 1.29 is 23.8 Å². The Labute approximate surface area is 114 Å². The largest absolute Gasteiger partial charge is 0.481 e. The molecule has 0 saturated carbocycles. The number of carbonyl (C=O) groups excluding carboxylic acids is 1. The number of anilines is 1. The van der Waals surface area contributed by atoms with Gasteiger partial charge in [-0.2, -0.15) is 0 Å². The summed E-state index contributed by atoms with van der Waals surface area (Å²) in [5.74, 6) is -3.97. The van der Waals surface area contributed by atoms with Gasteiger partial charge >= 0.3 is 5.97 Å². The normalized spacial score (nSPS) is 30.4. The summed E-state index contributed by atoms with van der Waals surface area (Å²) in [4.78, 5) is 23.5. The van der Waals surface area contributed by atoms with Gasteiger partial charge in [0, 0.05) is 0 Å². The van der Waals surface area contributed by atoms with Crippen LogP contribution in [-0.4, -0.2) is 29.2 Å². The fourth-order valence-electron chi connectivity index (χ4n) is 2.69. The number of hydrogen-bond donors (Lipinski definition) is 2. The van der Waals surface area contributed by atoms with Crippen LogP contribution in [0.25, 0.3) is 0 Å². The van der Waals surface area contributed by atoms with Gasteiger partial charge in [-0.05, 0) is 12.1 Å². The van der Waals surface area contributed by atoms with Gasteiger partial charge < -0.3 is 15.2 Å². The molecule has 2 bridgehead atoms. The van der Waals surface area contributed by atoms with Crippen molar-refractivity contribution in [3.8, 4) is 0 Å². The van der Waals surface area contributed by atoms with Crippen LogP contribution in [0.1, 0.15) is 0 Å². The molecule has 104 valence electrons. The van der Waals surface area contributed by atoms with E-state index in [1.807, 2.05) is 0 Å². The predicted molar refractivity (Wildman–Crippen MR) is 67.4 cm³/mol. The Morgan fingerprint density at radius 3 is 2.45 bits per heavy atom. The van der Waals surface area contributed by atoms with E-state index >= 15 is 0 Å². The molecule has 0 spiro atoms. The molecular formula is C14H12FNO4. The SMILES string of the molecule is O=C(Nc1ccccc1F)[C@@H]1[C@H](C(=O)O)[C@H]2C=C[C@H]1O2. The molecule has 20 heavy (non-hydrogen) atoms. The quantitative estimate of drug-likeness (QED) is 0.819. The number of amides is 1. The molecule has 2 N–H and O–H groups in total. The van der Waals surface area contributed by atoms with Crippen LogP contribution in [0.2, 0.25) is 0 Å². The summed E-state index contributed by atoms with van der Waals surface area (Å²) in [6.07, 6.45) is 2.17. The van der Waals surface area contributed by atoms with Crippen LogP contribution >= 0.6 is 0 Å². The highest BCUT2D eigenvalue weighted by Crippen LogP contribution is 2.39. The van der Waals surface area contributed by atoms with E-state index in [1.54, 1.807) is 18.2 Å². The van der Waals surface area contributed by atoms with E-state index in [0.717, 1.165) is 0 Å². The second-order valence-corrected chi connectivity index (χ2v) is 4.81. The number of para-hydroxylation sites is 1. The second-order valence-electron chi connectivity index (χ2n) is 4.81. The average molecular weight is 277 g/mol. The molecule has 6 heteroatoms. The number of carboxylic acid groups (broad SMARTS) is 1. The van der Waals surface area contributed by atoms with Crippen LogP contribution in [0.5, 0.6) is 0 Å². The lowest BCUT2D eigenvalue weighted by atomic mass is 9.82. The first kappa shape index (κ1) is 12.8. The van der Waals surface area contributed by atoms with Gasteiger partial charge in [-0.3, -0.25) is 9.59 Å². The topological polar surface area (TPSA) is 75.6 Å². The molecule has 5 nitrogen and oxygen atoms in total. The molecule has 1 amide bonds. The van der Waals surface area contributed by atoms with E-state index < -0.39 is 41.7 Å². The van der Waals surface area contributed by atoms with Gasteiger partial charge in [0.25, 0.3) is 0 Å². The summed E-state index contributed by atoms with van der Waals surface area (Å²) in [5, 5.41) is 11.6. The lowest BCUT2D eigenvalue weighted by molar-refractivity contribution is -0.145. The van der Waals surface area contributed by atoms with E-state index in [2.05, 4.69) is 5.32 Å². The molecule has 1 aromatic rings. The van der Waals surface area contributed by atoms with Gasteiger partial charge in [0.15, 0.2) is 0 Å². The van der Waals surface area contributed by atoms with Gasteiger partial charge in [-0.25, -0.2) is 4.39 Å². The van der Waals surface area contributed by atoms with Crippen molar-refractivity contribution in [2.75, 3.05) is 5.32 Å². The molecule has 0 unspecified atom stereocenters. The smallest absolute Gasteiger partial charge is 0.310 e. The molecule has 2 heterocycles. The highest BCUT2D eigenvalue weighted by Gasteiger charge is 2.53. The lowest BCUT2D eigenvalue weighted by Crippen LogP contribution is -2.39. The van der Waals surface area contributed by atoms with Crippen LogP contribution in [0.3, 0.4) is 0 Å². The number of aliphatic carboxylic acids is 1. The first-order valence-electron chi connectivity index (χ1n) is 6.20. The van der Waals surface area contributed by atoms with Crippen LogP contribution in [0, 0.1) is 17.7 Å². The molecule has 0 aliphatic carbocycles. The molecule has 4 atom stereocenters. The van der Waals surface area contributed by atoms with Crippen molar-refractivity contribution in [1.29, 1.82) is 0 Å². The van der Waals surface area contributed by atoms with Crippen molar-refractivity contribution in [3.63, 3.8) is 0 Å². The number of nitrogens with one attached hydrogen (secondary N) is 1. The third kappa shape index (κ3) is 1.98. The summed E-state index contributed by atoms with van der Waals surface area (Å²) < 4.78 is 18.9. The Bertz CT molecular complexity index is 601. The van der Waals surface area contributed by atoms with E-state index in [1.165, 1.54) is 18.2 Å². The molecule has 1 saturated heterocycles. The van der Waals surface area contributed by atoms with E-state index in [4.69, 9.17) is 4.74 Å². The Hall–Kier alpha value is -2.21.